The van der Waals surface area contributed by atoms with Crippen molar-refractivity contribution in [3.8, 4) is 0 Å². The van der Waals surface area contributed by atoms with Gasteiger partial charge in [0.25, 0.3) is 0 Å². The van der Waals surface area contributed by atoms with Crippen LogP contribution in [0, 0.1) is 5.92 Å². The van der Waals surface area contributed by atoms with Gasteiger partial charge >= 0.3 is 0 Å². The Balaban J connectivity index is 1.82. The maximum absolute atomic E-state index is 12.0. The molecule has 2 nitrogen and oxygen atoms in total. The van der Waals surface area contributed by atoms with E-state index in [1.807, 2.05) is 22.4 Å². The van der Waals surface area contributed by atoms with Gasteiger partial charge in [-0.1, -0.05) is 22.0 Å². The Morgan fingerprint density at radius 2 is 2.25 bits per heavy atom. The molecular formula is C12H16BrNOS. The minimum atomic E-state index is 0.287. The van der Waals surface area contributed by atoms with E-state index < -0.39 is 0 Å². The smallest absolute Gasteiger partial charge is 0.227 e. The van der Waals surface area contributed by atoms with Crippen molar-refractivity contribution in [2.24, 2.45) is 5.92 Å². The highest BCUT2D eigenvalue weighted by molar-refractivity contribution is 9.09. The molecule has 0 saturated carbocycles. The van der Waals surface area contributed by atoms with Crippen LogP contribution in [0.3, 0.4) is 0 Å². The fourth-order valence-corrected chi connectivity index (χ4v) is 3.35. The first kappa shape index (κ1) is 12.1. The van der Waals surface area contributed by atoms with Crippen LogP contribution in [0.4, 0.5) is 0 Å². The highest BCUT2D eigenvalue weighted by Crippen LogP contribution is 2.20. The Labute approximate surface area is 109 Å². The van der Waals surface area contributed by atoms with Gasteiger partial charge in [0, 0.05) is 23.3 Å². The Morgan fingerprint density at radius 1 is 1.50 bits per heavy atom. The molecule has 1 aliphatic rings. The van der Waals surface area contributed by atoms with Crippen LogP contribution in [0.15, 0.2) is 17.5 Å². The van der Waals surface area contributed by atoms with Crippen LogP contribution in [0.25, 0.3) is 0 Å². The Hall–Kier alpha value is -0.350. The zero-order valence-corrected chi connectivity index (χ0v) is 11.6. The first-order valence-electron chi connectivity index (χ1n) is 5.65. The van der Waals surface area contributed by atoms with Crippen molar-refractivity contribution in [3.05, 3.63) is 22.4 Å². The van der Waals surface area contributed by atoms with Crippen LogP contribution in [-0.2, 0) is 11.2 Å². The van der Waals surface area contributed by atoms with Gasteiger partial charge < -0.3 is 4.90 Å². The second-order valence-corrected chi connectivity index (χ2v) is 5.91. The third-order valence-electron chi connectivity index (χ3n) is 3.09. The lowest BCUT2D eigenvalue weighted by molar-refractivity contribution is -0.131. The molecule has 4 heteroatoms. The van der Waals surface area contributed by atoms with Crippen molar-refractivity contribution >= 4 is 33.2 Å². The van der Waals surface area contributed by atoms with Crippen LogP contribution in [-0.4, -0.2) is 29.2 Å². The molecule has 0 aliphatic carbocycles. The van der Waals surface area contributed by atoms with Crippen LogP contribution in [0.5, 0.6) is 0 Å². The number of carbonyl (C=O) groups is 1. The lowest BCUT2D eigenvalue weighted by Crippen LogP contribution is -2.39. The summed E-state index contributed by atoms with van der Waals surface area (Å²) in [5, 5.41) is 3.10. The summed E-state index contributed by atoms with van der Waals surface area (Å²) in [7, 11) is 0. The van der Waals surface area contributed by atoms with E-state index in [2.05, 4.69) is 15.9 Å². The highest BCUT2D eigenvalue weighted by atomic mass is 79.9. The molecule has 0 spiro atoms. The normalized spacial score (nSPS) is 17.7. The molecule has 1 aromatic rings. The van der Waals surface area contributed by atoms with Crippen molar-refractivity contribution in [1.29, 1.82) is 0 Å². The minimum Gasteiger partial charge on any atom is -0.342 e. The predicted molar refractivity (Wildman–Crippen MR) is 71.1 cm³/mol. The van der Waals surface area contributed by atoms with Crippen LogP contribution >= 0.6 is 27.3 Å². The maximum Gasteiger partial charge on any atom is 0.227 e. The number of hydrogen-bond donors (Lipinski definition) is 0. The van der Waals surface area contributed by atoms with Crippen LogP contribution in [0.2, 0.25) is 0 Å². The molecule has 1 fully saturated rings. The van der Waals surface area contributed by atoms with Gasteiger partial charge in [-0.2, -0.15) is 0 Å². The van der Waals surface area contributed by atoms with E-state index in [0.29, 0.717) is 6.42 Å². The number of rotatable bonds is 3. The molecule has 0 atom stereocenters. The molecule has 1 aliphatic heterocycles. The molecule has 0 N–H and O–H groups in total. The topological polar surface area (TPSA) is 20.3 Å². The lowest BCUT2D eigenvalue weighted by atomic mass is 9.99. The fourth-order valence-electron chi connectivity index (χ4n) is 2.01. The van der Waals surface area contributed by atoms with Gasteiger partial charge in [0.2, 0.25) is 5.91 Å². The SMILES string of the molecule is O=C(Cc1cccs1)N1CCC(CBr)CC1. The zero-order valence-electron chi connectivity index (χ0n) is 9.19. The Kier molecular flexibility index (Phi) is 4.41. The monoisotopic (exact) mass is 301 g/mol. The molecule has 16 heavy (non-hydrogen) atoms. The standard InChI is InChI=1S/C12H16BrNOS/c13-9-10-3-5-14(6-4-10)12(15)8-11-2-1-7-16-11/h1-2,7,10H,3-6,8-9H2. The molecule has 0 aromatic carbocycles. The summed E-state index contributed by atoms with van der Waals surface area (Å²) in [5.74, 6) is 1.04. The predicted octanol–water partition coefficient (Wildman–Crippen LogP) is 2.92. The van der Waals surface area contributed by atoms with E-state index in [0.717, 1.165) is 37.2 Å². The number of carbonyl (C=O) groups excluding carboxylic acids is 1. The molecule has 0 bridgehead atoms. The third kappa shape index (κ3) is 3.08. The van der Waals surface area contributed by atoms with E-state index >= 15 is 0 Å². The number of thiophene rings is 1. The molecule has 1 saturated heterocycles. The largest absolute Gasteiger partial charge is 0.342 e. The molecule has 88 valence electrons. The first-order chi connectivity index (χ1) is 7.79. The summed E-state index contributed by atoms with van der Waals surface area (Å²) in [6.45, 7) is 1.86. The summed E-state index contributed by atoms with van der Waals surface area (Å²) in [6.07, 6.45) is 2.86. The summed E-state index contributed by atoms with van der Waals surface area (Å²) in [4.78, 5) is 15.2. The summed E-state index contributed by atoms with van der Waals surface area (Å²) in [5.41, 5.74) is 0. The van der Waals surface area contributed by atoms with Gasteiger partial charge in [0.05, 0.1) is 6.42 Å². The highest BCUT2D eigenvalue weighted by Gasteiger charge is 2.22. The number of likely N-dealkylation sites (tertiary alicyclic amines) is 1. The van der Waals surface area contributed by atoms with Crippen molar-refractivity contribution < 1.29 is 4.79 Å². The van der Waals surface area contributed by atoms with E-state index in [9.17, 15) is 4.79 Å². The number of hydrogen-bond acceptors (Lipinski definition) is 2. The zero-order chi connectivity index (χ0) is 11.4. The van der Waals surface area contributed by atoms with Crippen molar-refractivity contribution in [3.63, 3.8) is 0 Å². The van der Waals surface area contributed by atoms with E-state index in [4.69, 9.17) is 0 Å². The molecular weight excluding hydrogens is 286 g/mol. The van der Waals surface area contributed by atoms with Gasteiger partial charge in [0.1, 0.15) is 0 Å². The van der Waals surface area contributed by atoms with Gasteiger partial charge in [-0.05, 0) is 30.2 Å². The van der Waals surface area contributed by atoms with Crippen LogP contribution < -0.4 is 0 Å². The number of piperidine rings is 1. The number of amides is 1. The number of alkyl halides is 1. The third-order valence-corrected chi connectivity index (χ3v) is 4.88. The van der Waals surface area contributed by atoms with Crippen LogP contribution in [0.1, 0.15) is 17.7 Å². The lowest BCUT2D eigenvalue weighted by Gasteiger charge is -2.31. The molecule has 1 aromatic heterocycles. The van der Waals surface area contributed by atoms with Gasteiger partial charge in [-0.25, -0.2) is 0 Å². The molecule has 0 radical (unpaired) electrons. The van der Waals surface area contributed by atoms with Gasteiger partial charge in [-0.3, -0.25) is 4.79 Å². The fraction of sp³-hybridized carbons (Fsp3) is 0.583. The Morgan fingerprint density at radius 3 is 2.81 bits per heavy atom. The minimum absolute atomic E-state index is 0.287. The first-order valence-corrected chi connectivity index (χ1v) is 7.66. The quantitative estimate of drug-likeness (QED) is 0.786. The number of halogens is 1. The second-order valence-electron chi connectivity index (χ2n) is 4.23. The van der Waals surface area contributed by atoms with Gasteiger partial charge in [0.15, 0.2) is 0 Å². The second kappa shape index (κ2) is 5.82. The average molecular weight is 302 g/mol. The van der Waals surface area contributed by atoms with E-state index in [1.165, 1.54) is 4.88 Å². The molecule has 2 rings (SSSR count). The Bertz CT molecular complexity index is 331. The van der Waals surface area contributed by atoms with Gasteiger partial charge in [-0.15, -0.1) is 11.3 Å². The van der Waals surface area contributed by atoms with Crippen molar-refractivity contribution in [2.45, 2.75) is 19.3 Å². The number of nitrogens with zero attached hydrogens (tertiary/aromatic N) is 1. The average Bonchev–Trinajstić information content (AvgIpc) is 2.82. The van der Waals surface area contributed by atoms with E-state index in [1.54, 1.807) is 11.3 Å². The maximum atomic E-state index is 12.0. The van der Waals surface area contributed by atoms with E-state index in [-0.39, 0.29) is 5.91 Å². The molecule has 0 unspecified atom stereocenters. The van der Waals surface area contributed by atoms with Crippen molar-refractivity contribution in [2.75, 3.05) is 18.4 Å². The summed E-state index contributed by atoms with van der Waals surface area (Å²) < 4.78 is 0. The summed E-state index contributed by atoms with van der Waals surface area (Å²) >= 11 is 5.18. The van der Waals surface area contributed by atoms with Crippen molar-refractivity contribution in [1.82, 2.24) is 4.90 Å². The summed E-state index contributed by atoms with van der Waals surface area (Å²) in [6, 6.07) is 4.04. The molecule has 1 amide bonds. The molecule has 2 heterocycles.